The fourth-order valence-corrected chi connectivity index (χ4v) is 13.8. The molecule has 0 heterocycles. The third-order valence-corrected chi connectivity index (χ3v) is 20.1. The minimum absolute atomic E-state index is 0.0106. The summed E-state index contributed by atoms with van der Waals surface area (Å²) >= 11 is 1.79. The lowest BCUT2D eigenvalue weighted by Crippen LogP contribution is -2.21. The van der Waals surface area contributed by atoms with E-state index in [1.54, 1.807) is 11.8 Å². The highest BCUT2D eigenvalue weighted by Crippen LogP contribution is 2.36. The molecule has 0 unspecified atom stereocenters. The van der Waals surface area contributed by atoms with Gasteiger partial charge < -0.3 is 0 Å². The summed E-state index contributed by atoms with van der Waals surface area (Å²) in [6, 6.07) is 149. The normalized spacial score (nSPS) is 8.76. The van der Waals surface area contributed by atoms with Crippen LogP contribution in [-0.4, -0.2) is 11.6 Å². The number of ketones is 2. The predicted molar refractivity (Wildman–Crippen MR) is 667 cm³/mol. The number of hydrogen-bond donors (Lipinski definition) is 0. The van der Waals surface area contributed by atoms with Gasteiger partial charge in [-0.1, -0.05) is 707 Å². The van der Waals surface area contributed by atoms with Crippen molar-refractivity contribution < 1.29 is 9.59 Å². The molecule has 0 aliphatic carbocycles. The average molecular weight is 1970 g/mol. The van der Waals surface area contributed by atoms with Crippen LogP contribution in [0.5, 0.6) is 0 Å². The van der Waals surface area contributed by atoms with Crippen molar-refractivity contribution >= 4 is 34.1 Å². The van der Waals surface area contributed by atoms with Gasteiger partial charge in [0.15, 0.2) is 11.6 Å². The number of aryl methyl sites for hydroxylation is 6. The highest BCUT2D eigenvalue weighted by Gasteiger charge is 2.26. The number of Topliss-reactive ketones (excluding diaryl/α,β-unsaturated/α-hetero) is 2. The summed E-state index contributed by atoms with van der Waals surface area (Å²) in [5, 5.41) is 2.62. The minimum atomic E-state index is 0.0106. The molecule has 16 aromatic carbocycles. The molecule has 0 amide bonds. The van der Waals surface area contributed by atoms with Gasteiger partial charge in [0.1, 0.15) is 0 Å². The monoisotopic (exact) mass is 1970 g/mol. The molecule has 3 heteroatoms. The van der Waals surface area contributed by atoms with Crippen LogP contribution >= 0.6 is 11.8 Å². The van der Waals surface area contributed by atoms with Crippen LogP contribution in [0.3, 0.4) is 0 Å². The lowest BCUT2D eigenvalue weighted by atomic mass is 9.75. The summed E-state index contributed by atoms with van der Waals surface area (Å²) < 4.78 is 0. The summed E-state index contributed by atoms with van der Waals surface area (Å²) in [6.07, 6.45) is 0.954. The van der Waals surface area contributed by atoms with Gasteiger partial charge in [-0.25, -0.2) is 0 Å². The Morgan fingerprint density at radius 1 is 0.179 bits per heavy atom. The van der Waals surface area contributed by atoms with Crippen molar-refractivity contribution in [1.29, 1.82) is 0 Å². The molecule has 0 bridgehead atoms. The fraction of sp³-hybridized carbons (Fsp3) is 0.324. The number of hydrogen-bond acceptors (Lipinski definition) is 3. The van der Waals surface area contributed by atoms with Gasteiger partial charge in [0.25, 0.3) is 0 Å². The SMILES string of the molecule is CC.CC.CC.CC.CC.CC.CC.CC.CC.CC.CC.CC.CC.CC.CC.CC.CC(C)(c1ccccc1)c1ccc(C(C)(C)c2ccccc2)cc1.Cc1cc(C)cc(-c2cc(C)cc(C)c2)c1.Cc1cccc(-c2cccc(C)c2)c1.O=C(Cc1ccccc1)c1ccccc1.O=C(Cc1ccccc1)c1ccccc1.c1ccc(Sc2ccccc2)cc1.c1ccc2ccccc2c1.c1ccccc1. The van der Waals surface area contributed by atoms with Crippen LogP contribution in [0.2, 0.25) is 0 Å². The lowest BCUT2D eigenvalue weighted by Gasteiger charge is -2.29. The Bertz CT molecular complexity index is 4980. The topological polar surface area (TPSA) is 34.1 Å². The van der Waals surface area contributed by atoms with Crippen molar-refractivity contribution in [3.63, 3.8) is 0 Å². The van der Waals surface area contributed by atoms with Gasteiger partial charge >= 0.3 is 0 Å². The van der Waals surface area contributed by atoms with Crippen LogP contribution in [0.25, 0.3) is 33.0 Å². The quantitative estimate of drug-likeness (QED) is 0.102. The Hall–Kier alpha value is -12.5. The zero-order chi connectivity index (χ0) is 112. The summed E-state index contributed by atoms with van der Waals surface area (Å²) in [5.41, 5.74) is 22.3. The molecule has 788 valence electrons. The maximum atomic E-state index is 11.8. The molecular formula is C142H202O2S. The maximum Gasteiger partial charge on any atom is 0.167 e. The molecule has 0 atom stereocenters. The van der Waals surface area contributed by atoms with Crippen LogP contribution in [0.15, 0.2) is 447 Å². The number of carbonyl (C=O) groups is 2. The van der Waals surface area contributed by atoms with Crippen molar-refractivity contribution in [1.82, 2.24) is 0 Å². The summed E-state index contributed by atoms with van der Waals surface area (Å²) in [6.45, 7) is 86.0. The Morgan fingerprint density at radius 2 is 0.359 bits per heavy atom. The molecule has 0 spiro atoms. The third-order valence-electron chi connectivity index (χ3n) is 19.1. The van der Waals surface area contributed by atoms with E-state index in [1.807, 2.05) is 391 Å². The van der Waals surface area contributed by atoms with E-state index in [-0.39, 0.29) is 22.4 Å². The van der Waals surface area contributed by atoms with Gasteiger partial charge in [-0.05, 0) is 132 Å². The fourth-order valence-electron chi connectivity index (χ4n) is 12.9. The van der Waals surface area contributed by atoms with Crippen molar-refractivity contribution in [2.45, 2.75) is 324 Å². The Labute approximate surface area is 898 Å². The molecule has 0 fully saturated rings. The molecule has 0 aliphatic heterocycles. The van der Waals surface area contributed by atoms with Gasteiger partial charge in [0.05, 0.1) is 0 Å². The van der Waals surface area contributed by atoms with Crippen molar-refractivity contribution in [2.75, 3.05) is 0 Å². The van der Waals surface area contributed by atoms with E-state index in [1.165, 1.54) is 98.5 Å². The van der Waals surface area contributed by atoms with Crippen LogP contribution in [-0.2, 0) is 23.7 Å². The molecule has 0 N–H and O–H groups in total. The molecule has 0 saturated carbocycles. The second-order valence-corrected chi connectivity index (χ2v) is 30.3. The molecule has 145 heavy (non-hydrogen) atoms. The predicted octanol–water partition coefficient (Wildman–Crippen LogP) is 45.9. The molecule has 0 aromatic heterocycles. The Morgan fingerprint density at radius 3 is 0.579 bits per heavy atom. The van der Waals surface area contributed by atoms with Gasteiger partial charge in [0, 0.05) is 44.6 Å². The average Bonchev–Trinajstić information content (AvgIpc) is 0.782. The molecule has 2 nitrogen and oxygen atoms in total. The number of rotatable bonds is 14. The second kappa shape index (κ2) is 104. The summed E-state index contributed by atoms with van der Waals surface area (Å²) in [5.74, 6) is 0.337. The zero-order valence-corrected chi connectivity index (χ0v) is 100. The lowest BCUT2D eigenvalue weighted by molar-refractivity contribution is 0.0984. The molecule has 16 rings (SSSR count). The van der Waals surface area contributed by atoms with E-state index < -0.39 is 0 Å². The van der Waals surface area contributed by atoms with Gasteiger partial charge in [-0.15, -0.1) is 0 Å². The van der Waals surface area contributed by atoms with E-state index >= 15 is 0 Å². The van der Waals surface area contributed by atoms with E-state index in [9.17, 15) is 9.59 Å². The van der Waals surface area contributed by atoms with Crippen LogP contribution in [0.4, 0.5) is 0 Å². The van der Waals surface area contributed by atoms with Gasteiger partial charge in [0.2, 0.25) is 0 Å². The zero-order valence-electron chi connectivity index (χ0n) is 99.2. The highest BCUT2D eigenvalue weighted by atomic mass is 32.2. The molecule has 16 aromatic rings. The van der Waals surface area contributed by atoms with Crippen LogP contribution < -0.4 is 0 Å². The standard InChI is InChI=1S/C24H26.C16H18.2C14H12O.C14H14.C12H10S.C10H8.C6H6.16C2H6/c1-23(2,19-11-7-5-8-12-19)21-15-17-22(18-16-21)24(3,4)20-13-9-6-10-14-20;1-11-5-12(2)8-15(7-11)16-9-13(3)6-14(4)10-16;2*15-14(13-9-5-2-6-10-13)11-12-7-3-1-4-8-12;1-11-5-3-7-13(9-11)14-8-4-6-12(2)10-14;1-3-7-11(8-4-1)13-12-9-5-2-6-10-12;1-2-6-10-8-4-3-7-9(10)5-1;1-2-4-6-5-3-1;16*1-2/h5-18H,1-4H3;5-10H,1-4H3;2*1-10H,11H2;3-10H,1-2H3;1-10H;1-8H;1-6H;16*1-2H3. The first kappa shape index (κ1) is 148. The first-order valence-electron chi connectivity index (χ1n) is 54.8. The number of benzene rings is 16. The first-order chi connectivity index (χ1) is 70.9. The van der Waals surface area contributed by atoms with E-state index in [2.05, 4.69) is 336 Å². The number of carbonyl (C=O) groups excluding carboxylic acids is 2. The Kier molecular flexibility index (Phi) is 106. The van der Waals surface area contributed by atoms with Crippen LogP contribution in [0.1, 0.15) is 337 Å². The largest absolute Gasteiger partial charge is 0.294 e. The Balaban J connectivity index is -0.000000240. The maximum absolute atomic E-state index is 11.8. The van der Waals surface area contributed by atoms with E-state index in [0.717, 1.165) is 22.3 Å². The van der Waals surface area contributed by atoms with Gasteiger partial charge in [-0.2, -0.15) is 0 Å². The van der Waals surface area contributed by atoms with E-state index in [4.69, 9.17) is 0 Å². The smallest absolute Gasteiger partial charge is 0.167 e. The van der Waals surface area contributed by atoms with Crippen LogP contribution in [0, 0.1) is 41.5 Å². The molecule has 0 aliphatic rings. The highest BCUT2D eigenvalue weighted by molar-refractivity contribution is 7.99. The molecule has 0 radical (unpaired) electrons. The van der Waals surface area contributed by atoms with Crippen molar-refractivity contribution in [2.24, 2.45) is 0 Å². The number of fused-ring (bicyclic) bond motifs is 1. The first-order valence-corrected chi connectivity index (χ1v) is 55.7. The summed E-state index contributed by atoms with van der Waals surface area (Å²) in [4.78, 5) is 26.2. The minimum Gasteiger partial charge on any atom is -0.294 e. The molecular weight excluding hydrogens is 1770 g/mol. The third kappa shape index (κ3) is 66.9. The van der Waals surface area contributed by atoms with Crippen molar-refractivity contribution in [3.8, 4) is 22.3 Å². The van der Waals surface area contributed by atoms with Crippen molar-refractivity contribution in [3.05, 3.63) is 515 Å². The van der Waals surface area contributed by atoms with Gasteiger partial charge in [-0.3, -0.25) is 9.59 Å². The van der Waals surface area contributed by atoms with E-state index in [0.29, 0.717) is 12.8 Å². The summed E-state index contributed by atoms with van der Waals surface area (Å²) in [7, 11) is 0. The molecule has 0 saturated heterocycles. The second-order valence-electron chi connectivity index (χ2n) is 29.2.